The van der Waals surface area contributed by atoms with E-state index < -0.39 is 22.1 Å². The molecule has 2 fully saturated rings. The highest BCUT2D eigenvalue weighted by Gasteiger charge is 2.32. The number of hydrogen-bond acceptors (Lipinski definition) is 6. The number of rotatable bonds is 6. The Morgan fingerprint density at radius 1 is 0.941 bits per heavy atom. The van der Waals surface area contributed by atoms with E-state index in [4.69, 9.17) is 9.47 Å². The minimum absolute atomic E-state index is 0.0190. The van der Waals surface area contributed by atoms with Crippen LogP contribution in [0, 0.1) is 6.92 Å². The summed E-state index contributed by atoms with van der Waals surface area (Å²) < 4.78 is 38.6. The molecule has 0 aromatic heterocycles. The van der Waals surface area contributed by atoms with Gasteiger partial charge in [-0.2, -0.15) is 4.31 Å². The number of ether oxygens (including phenoxy) is 2. The summed E-state index contributed by atoms with van der Waals surface area (Å²) in [5.41, 5.74) is 1.28. The summed E-state index contributed by atoms with van der Waals surface area (Å²) in [6.45, 7) is 4.16. The fourth-order valence-corrected chi connectivity index (χ4v) is 5.69. The highest BCUT2D eigenvalue weighted by Crippen LogP contribution is 2.26. The molecule has 1 unspecified atom stereocenters. The first-order chi connectivity index (χ1) is 16.4. The van der Waals surface area contributed by atoms with E-state index >= 15 is 0 Å². The van der Waals surface area contributed by atoms with Crippen LogP contribution in [-0.4, -0.2) is 68.9 Å². The SMILES string of the molecule is Cc1ccc(S(=O)(=O)N2CCOCC2)cc1C(=O)OC(C(=O)N1CCCCC1)c1ccccc1. The molecule has 2 aliphatic heterocycles. The molecule has 1 atom stereocenters. The van der Waals surface area contributed by atoms with Crippen molar-refractivity contribution in [2.24, 2.45) is 0 Å². The number of carbonyl (C=O) groups is 2. The molecular formula is C25H30N2O6S. The van der Waals surface area contributed by atoms with Gasteiger partial charge in [0, 0.05) is 31.7 Å². The summed E-state index contributed by atoms with van der Waals surface area (Å²) in [5.74, 6) is -0.982. The maximum atomic E-state index is 13.3. The van der Waals surface area contributed by atoms with Gasteiger partial charge in [0.15, 0.2) is 0 Å². The first kappa shape index (κ1) is 24.4. The molecule has 1 amide bonds. The third-order valence-corrected chi connectivity index (χ3v) is 8.15. The van der Waals surface area contributed by atoms with Crippen LogP contribution >= 0.6 is 0 Å². The Hall–Kier alpha value is -2.75. The average Bonchev–Trinajstić information content (AvgIpc) is 2.88. The van der Waals surface area contributed by atoms with E-state index in [1.807, 2.05) is 6.07 Å². The van der Waals surface area contributed by atoms with Gasteiger partial charge in [0.25, 0.3) is 5.91 Å². The van der Waals surface area contributed by atoms with E-state index in [-0.39, 0.29) is 29.5 Å². The zero-order valence-electron chi connectivity index (χ0n) is 19.3. The van der Waals surface area contributed by atoms with E-state index in [2.05, 4.69) is 0 Å². The lowest BCUT2D eigenvalue weighted by Gasteiger charge is -2.30. The van der Waals surface area contributed by atoms with Gasteiger partial charge in [-0.25, -0.2) is 13.2 Å². The van der Waals surface area contributed by atoms with Crippen LogP contribution in [0.3, 0.4) is 0 Å². The normalized spacial score (nSPS) is 18.3. The average molecular weight is 487 g/mol. The van der Waals surface area contributed by atoms with Crippen molar-refractivity contribution >= 4 is 21.9 Å². The van der Waals surface area contributed by atoms with Crippen LogP contribution in [0.15, 0.2) is 53.4 Å². The zero-order valence-corrected chi connectivity index (χ0v) is 20.1. The molecule has 0 spiro atoms. The number of likely N-dealkylation sites (tertiary alicyclic amines) is 1. The number of hydrogen-bond donors (Lipinski definition) is 0. The molecule has 0 saturated carbocycles. The topological polar surface area (TPSA) is 93.2 Å². The predicted octanol–water partition coefficient (Wildman–Crippen LogP) is 2.93. The van der Waals surface area contributed by atoms with Gasteiger partial charge in [0.1, 0.15) is 0 Å². The largest absolute Gasteiger partial charge is 0.444 e. The van der Waals surface area contributed by atoms with Gasteiger partial charge in [-0.3, -0.25) is 4.79 Å². The predicted molar refractivity (Wildman–Crippen MR) is 126 cm³/mol. The van der Waals surface area contributed by atoms with Crippen molar-refractivity contribution < 1.29 is 27.5 Å². The molecule has 2 saturated heterocycles. The molecule has 0 bridgehead atoms. The summed E-state index contributed by atoms with van der Waals surface area (Å²) in [7, 11) is -3.78. The quantitative estimate of drug-likeness (QED) is 0.583. The van der Waals surface area contributed by atoms with Crippen LogP contribution < -0.4 is 0 Å². The van der Waals surface area contributed by atoms with Gasteiger partial charge >= 0.3 is 5.97 Å². The van der Waals surface area contributed by atoms with E-state index in [0.717, 1.165) is 19.3 Å². The van der Waals surface area contributed by atoms with Gasteiger partial charge in [0.2, 0.25) is 16.1 Å². The number of carbonyl (C=O) groups excluding carboxylic acids is 2. The zero-order chi connectivity index (χ0) is 24.1. The van der Waals surface area contributed by atoms with Crippen molar-refractivity contribution in [3.05, 3.63) is 65.2 Å². The van der Waals surface area contributed by atoms with Crippen molar-refractivity contribution in [3.63, 3.8) is 0 Å². The Kier molecular flexibility index (Phi) is 7.65. The second kappa shape index (κ2) is 10.7. The van der Waals surface area contributed by atoms with Crippen molar-refractivity contribution in [2.45, 2.75) is 37.2 Å². The van der Waals surface area contributed by atoms with Crippen LogP contribution in [0.4, 0.5) is 0 Å². The molecular weight excluding hydrogens is 456 g/mol. The number of aryl methyl sites for hydroxylation is 1. The van der Waals surface area contributed by atoms with Gasteiger partial charge in [0.05, 0.1) is 23.7 Å². The van der Waals surface area contributed by atoms with Crippen LogP contribution in [0.2, 0.25) is 0 Å². The van der Waals surface area contributed by atoms with Crippen molar-refractivity contribution in [1.82, 2.24) is 9.21 Å². The Bertz CT molecular complexity index is 1120. The molecule has 34 heavy (non-hydrogen) atoms. The molecule has 2 aromatic rings. The summed E-state index contributed by atoms with van der Waals surface area (Å²) in [6, 6.07) is 13.4. The van der Waals surface area contributed by atoms with Gasteiger partial charge in [-0.15, -0.1) is 0 Å². The maximum Gasteiger partial charge on any atom is 0.339 e. The number of benzene rings is 2. The Morgan fingerprint density at radius 2 is 1.62 bits per heavy atom. The molecule has 0 aliphatic carbocycles. The smallest absolute Gasteiger partial charge is 0.339 e. The van der Waals surface area contributed by atoms with Crippen molar-refractivity contribution in [2.75, 3.05) is 39.4 Å². The van der Waals surface area contributed by atoms with Crippen molar-refractivity contribution in [3.8, 4) is 0 Å². The van der Waals surface area contributed by atoms with Crippen LogP contribution in [-0.2, 0) is 24.3 Å². The van der Waals surface area contributed by atoms with Crippen LogP contribution in [0.25, 0.3) is 0 Å². The van der Waals surface area contributed by atoms with E-state index in [0.29, 0.717) is 37.4 Å². The number of sulfonamides is 1. The standard InChI is InChI=1S/C25H30N2O6S/c1-19-10-11-21(34(30,31)27-14-16-32-17-15-27)18-22(19)25(29)33-23(20-8-4-2-5-9-20)24(28)26-12-6-3-7-13-26/h2,4-5,8-11,18,23H,3,6-7,12-17H2,1H3. The summed E-state index contributed by atoms with van der Waals surface area (Å²) >= 11 is 0. The molecule has 0 N–H and O–H groups in total. The first-order valence-corrected chi connectivity index (χ1v) is 13.1. The van der Waals surface area contributed by atoms with Gasteiger partial charge < -0.3 is 14.4 Å². The third kappa shape index (κ3) is 5.32. The number of amides is 1. The Balaban J connectivity index is 1.61. The van der Waals surface area contributed by atoms with E-state index in [1.54, 1.807) is 42.2 Å². The fraction of sp³-hybridized carbons (Fsp3) is 0.440. The molecule has 2 aromatic carbocycles. The molecule has 182 valence electrons. The van der Waals surface area contributed by atoms with E-state index in [1.165, 1.54) is 16.4 Å². The Morgan fingerprint density at radius 3 is 2.29 bits per heavy atom. The first-order valence-electron chi connectivity index (χ1n) is 11.6. The monoisotopic (exact) mass is 486 g/mol. The lowest BCUT2D eigenvalue weighted by Crippen LogP contribution is -2.40. The lowest BCUT2D eigenvalue weighted by molar-refractivity contribution is -0.142. The molecule has 8 nitrogen and oxygen atoms in total. The highest BCUT2D eigenvalue weighted by molar-refractivity contribution is 7.89. The summed E-state index contributed by atoms with van der Waals surface area (Å²) in [6.07, 6.45) is 1.82. The number of piperidine rings is 1. The molecule has 9 heteroatoms. The minimum Gasteiger partial charge on any atom is -0.444 e. The molecule has 4 rings (SSSR count). The lowest BCUT2D eigenvalue weighted by atomic mass is 10.0. The minimum atomic E-state index is -3.78. The number of nitrogens with zero attached hydrogens (tertiary/aromatic N) is 2. The summed E-state index contributed by atoms with van der Waals surface area (Å²) in [4.78, 5) is 28.3. The number of esters is 1. The van der Waals surface area contributed by atoms with Crippen LogP contribution in [0.1, 0.15) is 46.9 Å². The third-order valence-electron chi connectivity index (χ3n) is 6.26. The second-order valence-electron chi connectivity index (χ2n) is 8.58. The van der Waals surface area contributed by atoms with E-state index in [9.17, 15) is 18.0 Å². The van der Waals surface area contributed by atoms with Gasteiger partial charge in [-0.05, 0) is 43.9 Å². The maximum absolute atomic E-state index is 13.3. The molecule has 2 heterocycles. The fourth-order valence-electron chi connectivity index (χ4n) is 4.26. The van der Waals surface area contributed by atoms with Crippen molar-refractivity contribution in [1.29, 1.82) is 0 Å². The Labute approximate surface area is 200 Å². The molecule has 0 radical (unpaired) electrons. The highest BCUT2D eigenvalue weighted by atomic mass is 32.2. The molecule has 2 aliphatic rings. The number of morpholine rings is 1. The second-order valence-corrected chi connectivity index (χ2v) is 10.5. The van der Waals surface area contributed by atoms with Gasteiger partial charge in [-0.1, -0.05) is 36.4 Å². The van der Waals surface area contributed by atoms with Crippen LogP contribution in [0.5, 0.6) is 0 Å². The summed E-state index contributed by atoms with van der Waals surface area (Å²) in [5, 5.41) is 0.